The molecule has 1 fully saturated rings. The first-order valence-corrected chi connectivity index (χ1v) is 11.3. The van der Waals surface area contributed by atoms with Crippen molar-refractivity contribution in [3.63, 3.8) is 0 Å². The van der Waals surface area contributed by atoms with Crippen molar-refractivity contribution in [3.05, 3.63) is 53.1 Å². The van der Waals surface area contributed by atoms with Gasteiger partial charge in [0.1, 0.15) is 5.75 Å². The van der Waals surface area contributed by atoms with Crippen LogP contribution in [-0.2, 0) is 33.3 Å². The Morgan fingerprint density at radius 1 is 0.829 bits per heavy atom. The van der Waals surface area contributed by atoms with Gasteiger partial charge >= 0.3 is 17.5 Å². The molecule has 1 aromatic carbocycles. The predicted molar refractivity (Wildman–Crippen MR) is 127 cm³/mol. The lowest BCUT2D eigenvalue weighted by Gasteiger charge is -2.45. The van der Waals surface area contributed by atoms with E-state index < -0.39 is 40.6 Å². The zero-order valence-corrected chi connectivity index (χ0v) is 21.8. The van der Waals surface area contributed by atoms with E-state index in [1.807, 2.05) is 47.6 Å². The van der Waals surface area contributed by atoms with Crippen molar-refractivity contribution in [1.29, 1.82) is 0 Å². The summed E-state index contributed by atoms with van der Waals surface area (Å²) in [6.45, 7) is 11.6. The number of ether oxygens (including phenoxy) is 5. The number of allylic oxidation sites excluding steroid dienone is 2. The fourth-order valence-electron chi connectivity index (χ4n) is 4.50. The molecule has 0 aromatic heterocycles. The molecule has 1 aliphatic heterocycles. The SMILES string of the molecule is COC(=O)C1(C(=O)OC)O[C@H](c2ccc(OC)cc2)O[C@@]12C(=O)C=C(C(C)(C)C)C=C2C(C)(C)C. The van der Waals surface area contributed by atoms with Crippen molar-refractivity contribution < 1.29 is 38.1 Å². The van der Waals surface area contributed by atoms with Crippen LogP contribution in [0.2, 0.25) is 0 Å². The van der Waals surface area contributed by atoms with Crippen molar-refractivity contribution in [2.45, 2.75) is 59.0 Å². The Bertz CT molecular complexity index is 1070. The van der Waals surface area contributed by atoms with Gasteiger partial charge in [0.25, 0.3) is 0 Å². The van der Waals surface area contributed by atoms with Gasteiger partial charge in [-0.15, -0.1) is 0 Å². The molecule has 0 amide bonds. The molecule has 0 N–H and O–H groups in total. The van der Waals surface area contributed by atoms with E-state index in [0.29, 0.717) is 16.9 Å². The molecule has 1 aromatic rings. The number of methoxy groups -OCH3 is 3. The largest absolute Gasteiger partial charge is 0.497 e. The third-order valence-corrected chi connectivity index (χ3v) is 6.38. The van der Waals surface area contributed by atoms with E-state index in [9.17, 15) is 14.4 Å². The summed E-state index contributed by atoms with van der Waals surface area (Å²) in [5.41, 5.74) is -4.16. The lowest BCUT2D eigenvalue weighted by Crippen LogP contribution is -2.69. The molecular weight excluding hydrogens is 452 g/mol. The van der Waals surface area contributed by atoms with Gasteiger partial charge in [-0.1, -0.05) is 59.8 Å². The number of carbonyl (C=O) groups is 3. The minimum absolute atomic E-state index is 0.387. The van der Waals surface area contributed by atoms with E-state index in [4.69, 9.17) is 23.7 Å². The molecule has 0 radical (unpaired) electrons. The van der Waals surface area contributed by atoms with Crippen LogP contribution in [0.25, 0.3) is 0 Å². The number of esters is 2. The number of carbonyl (C=O) groups excluding carboxylic acids is 3. The minimum atomic E-state index is -2.53. The first kappa shape index (κ1) is 26.6. The fourth-order valence-corrected chi connectivity index (χ4v) is 4.50. The topological polar surface area (TPSA) is 97.4 Å². The van der Waals surface area contributed by atoms with Crippen molar-refractivity contribution in [1.82, 2.24) is 0 Å². The summed E-state index contributed by atoms with van der Waals surface area (Å²) < 4.78 is 27.8. The first-order chi connectivity index (χ1) is 16.2. The highest BCUT2D eigenvalue weighted by atomic mass is 16.8. The molecule has 1 heterocycles. The summed E-state index contributed by atoms with van der Waals surface area (Å²) in [4.78, 5) is 41.0. The van der Waals surface area contributed by atoms with Gasteiger partial charge in [0.15, 0.2) is 12.1 Å². The molecular formula is C27H34O8. The van der Waals surface area contributed by atoms with E-state index in [-0.39, 0.29) is 5.41 Å². The number of rotatable bonds is 4. The summed E-state index contributed by atoms with van der Waals surface area (Å²) in [5, 5.41) is 0. The highest BCUT2D eigenvalue weighted by molar-refractivity contribution is 6.17. The third-order valence-electron chi connectivity index (χ3n) is 6.38. The predicted octanol–water partition coefficient (Wildman–Crippen LogP) is 4.09. The molecule has 0 saturated carbocycles. The Balaban J connectivity index is 2.36. The van der Waals surface area contributed by atoms with E-state index >= 15 is 0 Å². The van der Waals surface area contributed by atoms with Crippen molar-refractivity contribution in [3.8, 4) is 5.75 Å². The Labute approximate surface area is 206 Å². The van der Waals surface area contributed by atoms with E-state index in [0.717, 1.165) is 19.8 Å². The molecule has 1 aliphatic carbocycles. The summed E-state index contributed by atoms with van der Waals surface area (Å²) in [6, 6.07) is 6.72. The maximum Gasteiger partial charge on any atom is 0.354 e. The lowest BCUT2D eigenvalue weighted by molar-refractivity contribution is -0.191. The zero-order valence-electron chi connectivity index (χ0n) is 21.8. The van der Waals surface area contributed by atoms with Crippen molar-refractivity contribution in [2.24, 2.45) is 10.8 Å². The first-order valence-electron chi connectivity index (χ1n) is 11.3. The van der Waals surface area contributed by atoms with E-state index in [1.165, 1.54) is 13.2 Å². The van der Waals surface area contributed by atoms with Gasteiger partial charge in [-0.3, -0.25) is 4.79 Å². The molecule has 2 aliphatic rings. The van der Waals surface area contributed by atoms with Gasteiger partial charge in [0.05, 0.1) is 21.3 Å². The van der Waals surface area contributed by atoms with Gasteiger partial charge in [-0.25, -0.2) is 9.59 Å². The second-order valence-corrected chi connectivity index (χ2v) is 10.7. The molecule has 35 heavy (non-hydrogen) atoms. The Morgan fingerprint density at radius 2 is 1.37 bits per heavy atom. The van der Waals surface area contributed by atoms with Gasteiger partial charge in [-0.05, 0) is 40.2 Å². The van der Waals surface area contributed by atoms with Gasteiger partial charge < -0.3 is 23.7 Å². The standard InChI is InChI=1S/C27H34O8/c1-24(2,3)17-14-19(25(4,5)6)26(20(28)15-17)27(22(29)32-8,23(30)33-9)35-21(34-26)16-10-12-18(31-7)13-11-16/h10-15,21H,1-9H3/t21-,26+/m1/s1. The van der Waals surface area contributed by atoms with Crippen LogP contribution < -0.4 is 4.74 Å². The maximum atomic E-state index is 14.1. The van der Waals surface area contributed by atoms with Crippen molar-refractivity contribution >= 4 is 17.7 Å². The van der Waals surface area contributed by atoms with Crippen LogP contribution in [-0.4, -0.2) is 50.3 Å². The summed E-state index contributed by atoms with van der Waals surface area (Å²) in [6.07, 6.45) is 1.98. The van der Waals surface area contributed by atoms with Crippen LogP contribution in [0, 0.1) is 10.8 Å². The molecule has 190 valence electrons. The quantitative estimate of drug-likeness (QED) is 0.464. The fraction of sp³-hybridized carbons (Fsp3) is 0.519. The minimum Gasteiger partial charge on any atom is -0.497 e. The summed E-state index contributed by atoms with van der Waals surface area (Å²) >= 11 is 0. The Hall–Kier alpha value is -2.97. The summed E-state index contributed by atoms with van der Waals surface area (Å²) in [5.74, 6) is -2.18. The van der Waals surface area contributed by atoms with Gasteiger partial charge in [0.2, 0.25) is 5.60 Å². The monoisotopic (exact) mass is 486 g/mol. The van der Waals surface area contributed by atoms with Crippen LogP contribution in [0.1, 0.15) is 53.4 Å². The van der Waals surface area contributed by atoms with Gasteiger partial charge in [-0.2, -0.15) is 0 Å². The average Bonchev–Trinajstić information content (AvgIpc) is 3.15. The highest BCUT2D eigenvalue weighted by Gasteiger charge is 2.78. The highest BCUT2D eigenvalue weighted by Crippen LogP contribution is 2.57. The number of hydrogen-bond acceptors (Lipinski definition) is 8. The molecule has 1 saturated heterocycles. The second kappa shape index (κ2) is 8.91. The zero-order chi connectivity index (χ0) is 26.4. The third kappa shape index (κ3) is 4.08. The van der Waals surface area contributed by atoms with Crippen LogP contribution in [0.4, 0.5) is 0 Å². The molecule has 3 rings (SSSR count). The molecule has 2 atom stereocenters. The lowest BCUT2D eigenvalue weighted by atomic mass is 9.62. The molecule has 1 spiro atoms. The average molecular weight is 487 g/mol. The van der Waals surface area contributed by atoms with Gasteiger partial charge in [0, 0.05) is 5.56 Å². The number of hydrogen-bond donors (Lipinski definition) is 0. The molecule has 0 bridgehead atoms. The van der Waals surface area contributed by atoms with Crippen LogP contribution >= 0.6 is 0 Å². The maximum absolute atomic E-state index is 14.1. The second-order valence-electron chi connectivity index (χ2n) is 10.7. The summed E-state index contributed by atoms with van der Waals surface area (Å²) in [7, 11) is 3.77. The Kier molecular flexibility index (Phi) is 6.78. The molecule has 8 nitrogen and oxygen atoms in total. The van der Waals surface area contributed by atoms with Crippen LogP contribution in [0.15, 0.2) is 47.6 Å². The number of benzene rings is 1. The normalized spacial score (nSPS) is 24.0. The smallest absolute Gasteiger partial charge is 0.354 e. The number of ketones is 1. The van der Waals surface area contributed by atoms with Crippen LogP contribution in [0.5, 0.6) is 5.75 Å². The van der Waals surface area contributed by atoms with Crippen LogP contribution in [0.3, 0.4) is 0 Å². The molecule has 0 unspecified atom stereocenters. The Morgan fingerprint density at radius 3 is 1.80 bits per heavy atom. The van der Waals surface area contributed by atoms with E-state index in [2.05, 4.69) is 0 Å². The molecule has 8 heteroatoms. The van der Waals surface area contributed by atoms with E-state index in [1.54, 1.807) is 24.3 Å². The van der Waals surface area contributed by atoms with Crippen molar-refractivity contribution in [2.75, 3.05) is 21.3 Å².